The molecule has 0 aliphatic carbocycles. The van der Waals surface area contributed by atoms with Crippen LogP contribution in [0.25, 0.3) is 11.6 Å². The Morgan fingerprint density at radius 1 is 1.37 bits per heavy atom. The van der Waals surface area contributed by atoms with Gasteiger partial charge in [-0.15, -0.1) is 0 Å². The molecular weight excluding hydrogens is 244 g/mol. The smallest absolute Gasteiger partial charge is 0.278 e. The molecule has 0 saturated heterocycles. The predicted octanol–water partition coefficient (Wildman–Crippen LogP) is 1.51. The first kappa shape index (κ1) is 11.6. The van der Waals surface area contributed by atoms with Gasteiger partial charge >= 0.3 is 0 Å². The lowest BCUT2D eigenvalue weighted by molar-refractivity contribution is 0.418. The van der Waals surface area contributed by atoms with E-state index in [2.05, 4.69) is 20.2 Å². The molecule has 0 aromatic carbocycles. The van der Waals surface area contributed by atoms with Gasteiger partial charge in [-0.05, 0) is 19.9 Å². The zero-order valence-corrected chi connectivity index (χ0v) is 10.8. The van der Waals surface area contributed by atoms with E-state index >= 15 is 0 Å². The maximum absolute atomic E-state index is 5.24. The van der Waals surface area contributed by atoms with Crippen LogP contribution in [-0.2, 0) is 13.1 Å². The fraction of sp³-hybridized carbons (Fsp3) is 0.333. The number of aryl methyl sites for hydroxylation is 2. The van der Waals surface area contributed by atoms with Crippen LogP contribution in [-0.4, -0.2) is 29.5 Å². The number of aromatic nitrogens is 6. The molecule has 3 rings (SSSR count). The van der Waals surface area contributed by atoms with Crippen LogP contribution in [0.1, 0.15) is 18.4 Å². The van der Waals surface area contributed by atoms with E-state index in [0.29, 0.717) is 24.0 Å². The first-order valence-electron chi connectivity index (χ1n) is 6.09. The lowest BCUT2D eigenvalue weighted by Gasteiger charge is -1.95. The highest BCUT2D eigenvalue weighted by atomic mass is 16.5. The third-order valence-corrected chi connectivity index (χ3v) is 2.85. The van der Waals surface area contributed by atoms with Gasteiger partial charge in [0.05, 0.1) is 12.9 Å². The van der Waals surface area contributed by atoms with E-state index in [1.54, 1.807) is 12.5 Å². The van der Waals surface area contributed by atoms with Gasteiger partial charge in [-0.25, -0.2) is 4.98 Å². The zero-order valence-electron chi connectivity index (χ0n) is 10.8. The molecule has 7 heteroatoms. The third-order valence-electron chi connectivity index (χ3n) is 2.85. The van der Waals surface area contributed by atoms with Gasteiger partial charge in [0.15, 0.2) is 11.5 Å². The van der Waals surface area contributed by atoms with Crippen molar-refractivity contribution in [2.75, 3.05) is 0 Å². The number of hydrogen-bond donors (Lipinski definition) is 0. The Bertz CT molecular complexity index is 666. The molecular formula is C12H14N6O. The molecule has 3 heterocycles. The third kappa shape index (κ3) is 2.26. The van der Waals surface area contributed by atoms with Crippen LogP contribution in [0, 0.1) is 6.92 Å². The van der Waals surface area contributed by atoms with Crippen LogP contribution in [0.2, 0.25) is 0 Å². The second-order valence-electron chi connectivity index (χ2n) is 4.24. The van der Waals surface area contributed by atoms with E-state index in [-0.39, 0.29) is 0 Å². The maximum atomic E-state index is 5.24. The molecule has 0 radical (unpaired) electrons. The average molecular weight is 258 g/mol. The summed E-state index contributed by atoms with van der Waals surface area (Å²) in [4.78, 5) is 8.31. The van der Waals surface area contributed by atoms with E-state index in [4.69, 9.17) is 4.52 Å². The molecule has 0 aliphatic rings. The molecule has 3 aromatic rings. The van der Waals surface area contributed by atoms with Gasteiger partial charge in [-0.2, -0.15) is 10.1 Å². The van der Waals surface area contributed by atoms with Crippen LogP contribution in [0.3, 0.4) is 0 Å². The van der Waals surface area contributed by atoms with Crippen molar-refractivity contribution in [3.05, 3.63) is 36.3 Å². The summed E-state index contributed by atoms with van der Waals surface area (Å²) in [6.07, 6.45) is 5.28. The van der Waals surface area contributed by atoms with Crippen molar-refractivity contribution in [3.63, 3.8) is 0 Å². The van der Waals surface area contributed by atoms with Crippen LogP contribution in [0.4, 0.5) is 0 Å². The molecule has 0 amide bonds. The van der Waals surface area contributed by atoms with E-state index in [1.165, 1.54) is 0 Å². The first-order chi connectivity index (χ1) is 9.26. The molecule has 3 aromatic heterocycles. The monoisotopic (exact) mass is 258 g/mol. The molecule has 98 valence electrons. The zero-order chi connectivity index (χ0) is 13.2. The van der Waals surface area contributed by atoms with Gasteiger partial charge in [0.1, 0.15) is 0 Å². The van der Waals surface area contributed by atoms with Crippen molar-refractivity contribution in [2.45, 2.75) is 26.9 Å². The average Bonchev–Trinajstić information content (AvgIpc) is 3.10. The SMILES string of the molecule is CCn1nc(-c2nc(Cn3ccnc3)no2)cc1C. The number of rotatable bonds is 4. The molecule has 0 N–H and O–H groups in total. The minimum absolute atomic E-state index is 0.449. The molecule has 0 aliphatic heterocycles. The van der Waals surface area contributed by atoms with Crippen LogP contribution in [0.5, 0.6) is 0 Å². The minimum atomic E-state index is 0.449. The van der Waals surface area contributed by atoms with Crippen molar-refractivity contribution in [3.8, 4) is 11.6 Å². The molecule has 19 heavy (non-hydrogen) atoms. The molecule has 0 spiro atoms. The molecule has 0 saturated carbocycles. The highest BCUT2D eigenvalue weighted by molar-refractivity contribution is 5.46. The number of nitrogens with zero attached hydrogens (tertiary/aromatic N) is 6. The largest absolute Gasteiger partial charge is 0.332 e. The van der Waals surface area contributed by atoms with Crippen molar-refractivity contribution < 1.29 is 4.52 Å². The fourth-order valence-corrected chi connectivity index (χ4v) is 1.90. The highest BCUT2D eigenvalue weighted by Gasteiger charge is 2.13. The van der Waals surface area contributed by atoms with Crippen LogP contribution < -0.4 is 0 Å². The Morgan fingerprint density at radius 3 is 2.95 bits per heavy atom. The second kappa shape index (κ2) is 4.68. The summed E-state index contributed by atoms with van der Waals surface area (Å²) < 4.78 is 9.02. The number of hydrogen-bond acceptors (Lipinski definition) is 5. The molecule has 0 fully saturated rings. The summed E-state index contributed by atoms with van der Waals surface area (Å²) in [5.41, 5.74) is 1.79. The Balaban J connectivity index is 1.84. The Morgan fingerprint density at radius 2 is 2.26 bits per heavy atom. The summed E-state index contributed by atoms with van der Waals surface area (Å²) in [5.74, 6) is 1.06. The molecule has 7 nitrogen and oxygen atoms in total. The lowest BCUT2D eigenvalue weighted by Crippen LogP contribution is -1.99. The van der Waals surface area contributed by atoms with E-state index in [0.717, 1.165) is 12.2 Å². The minimum Gasteiger partial charge on any atom is -0.332 e. The van der Waals surface area contributed by atoms with E-state index < -0.39 is 0 Å². The summed E-state index contributed by atoms with van der Waals surface area (Å²) in [6.45, 7) is 5.41. The quantitative estimate of drug-likeness (QED) is 0.709. The predicted molar refractivity (Wildman–Crippen MR) is 67.3 cm³/mol. The Labute approximate surface area is 109 Å². The second-order valence-corrected chi connectivity index (χ2v) is 4.24. The summed E-state index contributed by atoms with van der Waals surface area (Å²) in [6, 6.07) is 1.94. The van der Waals surface area contributed by atoms with Gasteiger partial charge in [-0.3, -0.25) is 4.68 Å². The van der Waals surface area contributed by atoms with E-state index in [9.17, 15) is 0 Å². The van der Waals surface area contributed by atoms with Gasteiger partial charge in [0.25, 0.3) is 5.89 Å². The van der Waals surface area contributed by atoms with Crippen LogP contribution >= 0.6 is 0 Å². The van der Waals surface area contributed by atoms with Gasteiger partial charge in [-0.1, -0.05) is 5.16 Å². The van der Waals surface area contributed by atoms with Crippen molar-refractivity contribution in [1.29, 1.82) is 0 Å². The summed E-state index contributed by atoms with van der Waals surface area (Å²) in [7, 11) is 0. The van der Waals surface area contributed by atoms with Crippen molar-refractivity contribution in [2.24, 2.45) is 0 Å². The van der Waals surface area contributed by atoms with E-state index in [1.807, 2.05) is 35.4 Å². The van der Waals surface area contributed by atoms with Crippen molar-refractivity contribution in [1.82, 2.24) is 29.5 Å². The van der Waals surface area contributed by atoms with Gasteiger partial charge < -0.3 is 9.09 Å². The highest BCUT2D eigenvalue weighted by Crippen LogP contribution is 2.17. The Hall–Kier alpha value is -2.44. The molecule has 0 unspecified atom stereocenters. The lowest BCUT2D eigenvalue weighted by atomic mass is 10.4. The maximum Gasteiger partial charge on any atom is 0.278 e. The molecule has 0 bridgehead atoms. The molecule has 0 atom stereocenters. The van der Waals surface area contributed by atoms with Crippen LogP contribution in [0.15, 0.2) is 29.3 Å². The Kier molecular flexibility index (Phi) is 2.86. The topological polar surface area (TPSA) is 74.6 Å². The normalized spacial score (nSPS) is 11.1. The first-order valence-corrected chi connectivity index (χ1v) is 6.09. The standard InChI is InChI=1S/C12H14N6O/c1-3-18-9(2)6-10(15-18)12-14-11(16-19-12)7-17-5-4-13-8-17/h4-6,8H,3,7H2,1-2H3. The summed E-state index contributed by atoms with van der Waals surface area (Å²) >= 11 is 0. The van der Waals surface area contributed by atoms with Gasteiger partial charge in [0.2, 0.25) is 0 Å². The summed E-state index contributed by atoms with van der Waals surface area (Å²) in [5, 5.41) is 8.36. The number of imidazole rings is 1. The fourth-order valence-electron chi connectivity index (χ4n) is 1.90. The van der Waals surface area contributed by atoms with Crippen molar-refractivity contribution >= 4 is 0 Å². The van der Waals surface area contributed by atoms with Gasteiger partial charge in [0, 0.05) is 24.6 Å².